The Labute approximate surface area is 127 Å². The molecule has 1 heterocycles. The van der Waals surface area contributed by atoms with Crippen LogP contribution < -0.4 is 10.9 Å². The molecule has 0 radical (unpaired) electrons. The summed E-state index contributed by atoms with van der Waals surface area (Å²) in [7, 11) is 0. The molecule has 3 aromatic rings. The molecule has 5 nitrogen and oxygen atoms in total. The molecule has 110 valence electrons. The van der Waals surface area contributed by atoms with E-state index in [2.05, 4.69) is 15.3 Å². The Hall–Kier alpha value is -2.95. The van der Waals surface area contributed by atoms with Crippen LogP contribution in [-0.4, -0.2) is 15.9 Å². The second-order valence-corrected chi connectivity index (χ2v) is 5.10. The minimum absolute atomic E-state index is 0.0244. The molecule has 0 fully saturated rings. The predicted octanol–water partition coefficient (Wildman–Crippen LogP) is 2.16. The van der Waals surface area contributed by atoms with Crippen molar-refractivity contribution < 1.29 is 4.79 Å². The van der Waals surface area contributed by atoms with E-state index in [1.807, 2.05) is 31.2 Å². The van der Waals surface area contributed by atoms with Gasteiger partial charge in [0.15, 0.2) is 5.82 Å². The third-order valence-electron chi connectivity index (χ3n) is 3.36. The zero-order valence-corrected chi connectivity index (χ0v) is 12.1. The topological polar surface area (TPSA) is 74.8 Å². The van der Waals surface area contributed by atoms with Gasteiger partial charge < -0.3 is 10.3 Å². The molecule has 1 aromatic heterocycles. The third-order valence-corrected chi connectivity index (χ3v) is 3.36. The Kier molecular flexibility index (Phi) is 3.70. The molecule has 1 amide bonds. The fourth-order valence-electron chi connectivity index (χ4n) is 2.28. The first kappa shape index (κ1) is 14.0. The Morgan fingerprint density at radius 2 is 2.00 bits per heavy atom. The van der Waals surface area contributed by atoms with Gasteiger partial charge in [-0.15, -0.1) is 0 Å². The molecule has 0 aliphatic heterocycles. The lowest BCUT2D eigenvalue weighted by molar-refractivity contribution is 0.0940. The Morgan fingerprint density at radius 1 is 1.18 bits per heavy atom. The lowest BCUT2D eigenvalue weighted by atomic mass is 10.1. The average molecular weight is 293 g/mol. The van der Waals surface area contributed by atoms with E-state index in [0.29, 0.717) is 17.4 Å². The molecule has 0 aliphatic rings. The van der Waals surface area contributed by atoms with Crippen molar-refractivity contribution in [3.05, 3.63) is 75.8 Å². The number of carbonyl (C=O) groups is 1. The zero-order valence-electron chi connectivity index (χ0n) is 12.1. The molecule has 0 spiro atoms. The van der Waals surface area contributed by atoms with E-state index in [1.54, 1.807) is 24.3 Å². The van der Waals surface area contributed by atoms with Crippen molar-refractivity contribution in [2.24, 2.45) is 0 Å². The number of carbonyl (C=O) groups excluding carboxylic acids is 1. The second kappa shape index (κ2) is 5.81. The molecular weight excluding hydrogens is 278 g/mol. The molecule has 2 N–H and O–H groups in total. The van der Waals surface area contributed by atoms with Gasteiger partial charge in [-0.2, -0.15) is 0 Å². The summed E-state index contributed by atoms with van der Waals surface area (Å²) >= 11 is 0. The number of hydrogen-bond donors (Lipinski definition) is 2. The lowest BCUT2D eigenvalue weighted by Crippen LogP contribution is -2.27. The van der Waals surface area contributed by atoms with Crippen LogP contribution in [0.15, 0.2) is 53.3 Å². The number of H-pyrrole nitrogens is 1. The Balaban J connectivity index is 1.82. The zero-order chi connectivity index (χ0) is 15.5. The summed E-state index contributed by atoms with van der Waals surface area (Å²) in [6, 6.07) is 14.8. The SMILES string of the molecule is Cc1cccc(CNC(=O)c2nc3ccccc3c(=O)[nH]2)c1. The van der Waals surface area contributed by atoms with Gasteiger partial charge in [-0.05, 0) is 24.6 Å². The standard InChI is InChI=1S/C17H15N3O2/c1-11-5-4-6-12(9-11)10-18-17(22)15-19-14-8-3-2-7-13(14)16(21)20-15/h2-9H,10H2,1H3,(H,18,22)(H,19,20,21). The van der Waals surface area contributed by atoms with E-state index >= 15 is 0 Å². The van der Waals surface area contributed by atoms with E-state index in [9.17, 15) is 9.59 Å². The van der Waals surface area contributed by atoms with E-state index in [0.717, 1.165) is 11.1 Å². The number of para-hydroxylation sites is 1. The van der Waals surface area contributed by atoms with Crippen LogP contribution >= 0.6 is 0 Å². The highest BCUT2D eigenvalue weighted by Crippen LogP contribution is 2.06. The van der Waals surface area contributed by atoms with Crippen molar-refractivity contribution in [1.82, 2.24) is 15.3 Å². The maximum atomic E-state index is 12.2. The van der Waals surface area contributed by atoms with E-state index < -0.39 is 5.91 Å². The van der Waals surface area contributed by atoms with Crippen LogP contribution in [-0.2, 0) is 6.54 Å². The van der Waals surface area contributed by atoms with Gasteiger partial charge in [0, 0.05) is 6.54 Å². The highest BCUT2D eigenvalue weighted by atomic mass is 16.2. The number of rotatable bonds is 3. The van der Waals surface area contributed by atoms with Gasteiger partial charge in [-0.3, -0.25) is 9.59 Å². The molecule has 0 saturated carbocycles. The number of aromatic nitrogens is 2. The van der Waals surface area contributed by atoms with Gasteiger partial charge in [0.25, 0.3) is 11.5 Å². The summed E-state index contributed by atoms with van der Waals surface area (Å²) in [6.45, 7) is 2.38. The summed E-state index contributed by atoms with van der Waals surface area (Å²) in [6.07, 6.45) is 0. The molecular formula is C17H15N3O2. The van der Waals surface area contributed by atoms with Gasteiger partial charge in [0.2, 0.25) is 0 Å². The Bertz CT molecular complexity index is 900. The monoisotopic (exact) mass is 293 g/mol. The van der Waals surface area contributed by atoms with Crippen LogP contribution in [0.2, 0.25) is 0 Å². The molecule has 0 atom stereocenters. The predicted molar refractivity (Wildman–Crippen MR) is 84.7 cm³/mol. The van der Waals surface area contributed by atoms with Gasteiger partial charge in [0.1, 0.15) is 0 Å². The van der Waals surface area contributed by atoms with E-state index in [-0.39, 0.29) is 11.4 Å². The van der Waals surface area contributed by atoms with Crippen molar-refractivity contribution >= 4 is 16.8 Å². The van der Waals surface area contributed by atoms with Crippen molar-refractivity contribution in [2.45, 2.75) is 13.5 Å². The van der Waals surface area contributed by atoms with Crippen molar-refractivity contribution in [3.63, 3.8) is 0 Å². The molecule has 22 heavy (non-hydrogen) atoms. The molecule has 3 rings (SSSR count). The molecule has 2 aromatic carbocycles. The molecule has 0 bridgehead atoms. The summed E-state index contributed by atoms with van der Waals surface area (Å²) in [4.78, 5) is 30.8. The number of benzene rings is 2. The molecule has 0 saturated heterocycles. The van der Waals surface area contributed by atoms with Crippen LogP contribution in [0.4, 0.5) is 0 Å². The smallest absolute Gasteiger partial charge is 0.287 e. The van der Waals surface area contributed by atoms with Crippen molar-refractivity contribution in [2.75, 3.05) is 0 Å². The van der Waals surface area contributed by atoms with Gasteiger partial charge in [-0.1, -0.05) is 42.0 Å². The fraction of sp³-hybridized carbons (Fsp3) is 0.118. The van der Waals surface area contributed by atoms with Crippen LogP contribution in [0.25, 0.3) is 10.9 Å². The van der Waals surface area contributed by atoms with E-state index in [1.165, 1.54) is 0 Å². The first-order valence-electron chi connectivity index (χ1n) is 6.96. The number of nitrogens with zero attached hydrogens (tertiary/aromatic N) is 1. The Morgan fingerprint density at radius 3 is 2.82 bits per heavy atom. The van der Waals surface area contributed by atoms with Crippen molar-refractivity contribution in [3.8, 4) is 0 Å². The number of aromatic amines is 1. The number of hydrogen-bond acceptors (Lipinski definition) is 3. The quantitative estimate of drug-likeness (QED) is 0.777. The second-order valence-electron chi connectivity index (χ2n) is 5.10. The summed E-state index contributed by atoms with van der Waals surface area (Å²) in [5, 5.41) is 3.23. The van der Waals surface area contributed by atoms with Gasteiger partial charge in [0.05, 0.1) is 10.9 Å². The first-order valence-corrected chi connectivity index (χ1v) is 6.96. The maximum Gasteiger partial charge on any atom is 0.287 e. The lowest BCUT2D eigenvalue weighted by Gasteiger charge is -2.06. The summed E-state index contributed by atoms with van der Waals surface area (Å²) in [5.74, 6) is -0.374. The number of amides is 1. The molecule has 0 aliphatic carbocycles. The highest BCUT2D eigenvalue weighted by Gasteiger charge is 2.10. The normalized spacial score (nSPS) is 10.6. The largest absolute Gasteiger partial charge is 0.345 e. The van der Waals surface area contributed by atoms with Crippen molar-refractivity contribution in [1.29, 1.82) is 0 Å². The van der Waals surface area contributed by atoms with Crippen LogP contribution in [0.1, 0.15) is 21.7 Å². The highest BCUT2D eigenvalue weighted by molar-refractivity contribution is 5.92. The molecule has 5 heteroatoms. The number of aryl methyl sites for hydroxylation is 1. The number of nitrogens with one attached hydrogen (secondary N) is 2. The van der Waals surface area contributed by atoms with Crippen LogP contribution in [0, 0.1) is 6.92 Å². The van der Waals surface area contributed by atoms with Gasteiger partial charge >= 0.3 is 0 Å². The van der Waals surface area contributed by atoms with Crippen LogP contribution in [0.3, 0.4) is 0 Å². The van der Waals surface area contributed by atoms with Gasteiger partial charge in [-0.25, -0.2) is 4.98 Å². The summed E-state index contributed by atoms with van der Waals surface area (Å²) < 4.78 is 0. The summed E-state index contributed by atoms with van der Waals surface area (Å²) in [5.41, 5.74) is 2.32. The third kappa shape index (κ3) is 2.88. The minimum Gasteiger partial charge on any atom is -0.345 e. The number of fused-ring (bicyclic) bond motifs is 1. The van der Waals surface area contributed by atoms with E-state index in [4.69, 9.17) is 0 Å². The fourth-order valence-corrected chi connectivity index (χ4v) is 2.28. The van der Waals surface area contributed by atoms with Crippen LogP contribution in [0.5, 0.6) is 0 Å². The molecule has 0 unspecified atom stereocenters. The maximum absolute atomic E-state index is 12.2. The first-order chi connectivity index (χ1) is 10.6. The minimum atomic E-state index is -0.399. The average Bonchev–Trinajstić information content (AvgIpc) is 2.52.